The van der Waals surface area contributed by atoms with Crippen molar-refractivity contribution in [2.75, 3.05) is 11.5 Å². The van der Waals surface area contributed by atoms with Crippen molar-refractivity contribution in [2.24, 2.45) is 0 Å². The van der Waals surface area contributed by atoms with Gasteiger partial charge in [-0.05, 0) is 29.5 Å². The predicted molar refractivity (Wildman–Crippen MR) is 112 cm³/mol. The predicted octanol–water partition coefficient (Wildman–Crippen LogP) is 3.99. The molecular formula is C22H23FN6. The molecule has 1 unspecified atom stereocenters. The van der Waals surface area contributed by atoms with E-state index in [-0.39, 0.29) is 29.5 Å². The fourth-order valence-electron chi connectivity index (χ4n) is 3.47. The van der Waals surface area contributed by atoms with Crippen LogP contribution < -0.4 is 11.5 Å². The molecule has 6 nitrogen and oxygen atoms in total. The molecule has 0 bridgehead atoms. The number of anilines is 2. The highest BCUT2D eigenvalue weighted by Gasteiger charge is 2.23. The first kappa shape index (κ1) is 19.0. The third-order valence-electron chi connectivity index (χ3n) is 5.19. The Morgan fingerprint density at radius 1 is 1.10 bits per heavy atom. The fourth-order valence-corrected chi connectivity index (χ4v) is 3.47. The maximum Gasteiger partial charge on any atom is 0.220 e. The Morgan fingerprint density at radius 3 is 2.45 bits per heavy atom. The first-order chi connectivity index (χ1) is 13.9. The highest BCUT2D eigenvalue weighted by Crippen LogP contribution is 2.37. The quantitative estimate of drug-likeness (QED) is 0.638. The lowest BCUT2D eigenvalue weighted by Gasteiger charge is -2.23. The van der Waals surface area contributed by atoms with Gasteiger partial charge in [-0.3, -0.25) is 0 Å². The maximum absolute atomic E-state index is 15.7. The minimum absolute atomic E-state index is 0.156. The highest BCUT2D eigenvalue weighted by molar-refractivity contribution is 5.65. The number of aromatic nitrogens is 4. The minimum Gasteiger partial charge on any atom is -0.368 e. The molecule has 1 aromatic carbocycles. The van der Waals surface area contributed by atoms with Crippen LogP contribution in [-0.2, 0) is 6.42 Å². The molecule has 0 saturated heterocycles. The number of halogens is 1. The summed E-state index contributed by atoms with van der Waals surface area (Å²) < 4.78 is 15.7. The Hall–Kier alpha value is -3.35. The Morgan fingerprint density at radius 2 is 1.83 bits per heavy atom. The lowest BCUT2D eigenvalue weighted by Crippen LogP contribution is -2.11. The van der Waals surface area contributed by atoms with Crippen LogP contribution in [0.1, 0.15) is 54.6 Å². The van der Waals surface area contributed by atoms with Gasteiger partial charge >= 0.3 is 0 Å². The lowest BCUT2D eigenvalue weighted by molar-refractivity contribution is 0.608. The molecule has 0 spiro atoms. The summed E-state index contributed by atoms with van der Waals surface area (Å²) in [6, 6.07) is 5.66. The van der Waals surface area contributed by atoms with Crippen molar-refractivity contribution in [3.63, 3.8) is 0 Å². The summed E-state index contributed by atoms with van der Waals surface area (Å²) in [7, 11) is 0. The van der Waals surface area contributed by atoms with Crippen molar-refractivity contribution in [1.29, 1.82) is 0 Å². The van der Waals surface area contributed by atoms with Gasteiger partial charge in [-0.25, -0.2) is 24.3 Å². The van der Waals surface area contributed by atoms with Crippen LogP contribution in [0.5, 0.6) is 0 Å². The summed E-state index contributed by atoms with van der Waals surface area (Å²) in [5, 5.41) is 0. The van der Waals surface area contributed by atoms with Gasteiger partial charge in [0.25, 0.3) is 0 Å². The van der Waals surface area contributed by atoms with E-state index in [1.807, 2.05) is 26.0 Å². The summed E-state index contributed by atoms with van der Waals surface area (Å²) in [6.07, 6.45) is 8.49. The molecule has 2 heterocycles. The molecule has 0 saturated carbocycles. The van der Waals surface area contributed by atoms with E-state index in [1.54, 1.807) is 6.07 Å². The number of rotatable bonds is 5. The van der Waals surface area contributed by atoms with Crippen molar-refractivity contribution >= 4 is 11.9 Å². The highest BCUT2D eigenvalue weighted by atomic mass is 19.1. The number of nitrogens with zero attached hydrogens (tertiary/aromatic N) is 4. The average Bonchev–Trinajstić information content (AvgIpc) is 2.64. The van der Waals surface area contributed by atoms with E-state index in [0.717, 1.165) is 17.7 Å². The zero-order valence-corrected chi connectivity index (χ0v) is 16.4. The second-order valence-corrected chi connectivity index (χ2v) is 7.57. The molecule has 7 heteroatoms. The maximum atomic E-state index is 15.7. The smallest absolute Gasteiger partial charge is 0.220 e. The molecule has 2 aromatic heterocycles. The Bertz CT molecular complexity index is 1080. The SMILES string of the molecule is CC(C)c1cc(Cc2c(C3C=CC3)ccc(-c3cnc(N)nc3)c2F)nc(N)n1. The van der Waals surface area contributed by atoms with Gasteiger partial charge in [0.2, 0.25) is 11.9 Å². The van der Waals surface area contributed by atoms with Crippen LogP contribution >= 0.6 is 0 Å². The van der Waals surface area contributed by atoms with Crippen molar-refractivity contribution in [1.82, 2.24) is 19.9 Å². The van der Waals surface area contributed by atoms with Crippen LogP contribution in [0.3, 0.4) is 0 Å². The van der Waals surface area contributed by atoms with E-state index < -0.39 is 0 Å². The molecular weight excluding hydrogens is 367 g/mol. The van der Waals surface area contributed by atoms with E-state index in [9.17, 15) is 0 Å². The third kappa shape index (κ3) is 3.81. The summed E-state index contributed by atoms with van der Waals surface area (Å²) >= 11 is 0. The standard InChI is InChI=1S/C22H23FN6/c1-12(2)19-9-15(28-22(25)29-19)8-18-16(13-4-3-5-13)6-7-17(20(18)23)14-10-26-21(24)27-11-14/h3-4,6-7,9-13H,5,8H2,1-2H3,(H2,24,26,27)(H2,25,28,29). The first-order valence-electron chi connectivity index (χ1n) is 9.61. The molecule has 0 radical (unpaired) electrons. The second-order valence-electron chi connectivity index (χ2n) is 7.57. The molecule has 148 valence electrons. The molecule has 4 rings (SSSR count). The first-order valence-corrected chi connectivity index (χ1v) is 9.61. The summed E-state index contributed by atoms with van der Waals surface area (Å²) in [5.41, 5.74) is 15.6. The summed E-state index contributed by atoms with van der Waals surface area (Å²) in [6.45, 7) is 4.08. The van der Waals surface area contributed by atoms with E-state index in [4.69, 9.17) is 11.5 Å². The van der Waals surface area contributed by atoms with Crippen molar-refractivity contribution < 1.29 is 4.39 Å². The van der Waals surface area contributed by atoms with Crippen molar-refractivity contribution in [2.45, 2.75) is 38.5 Å². The van der Waals surface area contributed by atoms with Crippen LogP contribution in [0.25, 0.3) is 11.1 Å². The van der Waals surface area contributed by atoms with E-state index in [0.29, 0.717) is 28.8 Å². The third-order valence-corrected chi connectivity index (χ3v) is 5.19. The Kier molecular flexibility index (Phi) is 4.96. The van der Waals surface area contributed by atoms with Gasteiger partial charge in [0, 0.05) is 41.6 Å². The van der Waals surface area contributed by atoms with Gasteiger partial charge in [-0.1, -0.05) is 38.1 Å². The minimum atomic E-state index is -0.292. The number of hydrogen-bond acceptors (Lipinski definition) is 6. The van der Waals surface area contributed by atoms with E-state index in [1.165, 1.54) is 12.4 Å². The molecule has 29 heavy (non-hydrogen) atoms. The van der Waals surface area contributed by atoms with Crippen molar-refractivity contribution in [3.8, 4) is 11.1 Å². The van der Waals surface area contributed by atoms with E-state index >= 15 is 4.39 Å². The van der Waals surface area contributed by atoms with Crippen LogP contribution in [0.4, 0.5) is 16.3 Å². The van der Waals surface area contributed by atoms with Crippen LogP contribution in [-0.4, -0.2) is 19.9 Å². The van der Waals surface area contributed by atoms with Gasteiger partial charge in [-0.15, -0.1) is 0 Å². The van der Waals surface area contributed by atoms with Gasteiger partial charge < -0.3 is 11.5 Å². The largest absolute Gasteiger partial charge is 0.368 e. The summed E-state index contributed by atoms with van der Waals surface area (Å²) in [4.78, 5) is 16.6. The van der Waals surface area contributed by atoms with E-state index in [2.05, 4.69) is 32.1 Å². The molecule has 0 aliphatic heterocycles. The van der Waals surface area contributed by atoms with Crippen molar-refractivity contribution in [3.05, 3.63) is 71.1 Å². The number of nitrogens with two attached hydrogens (primary N) is 2. The van der Waals surface area contributed by atoms with Gasteiger partial charge in [0.15, 0.2) is 0 Å². The fraction of sp³-hybridized carbons (Fsp3) is 0.273. The number of benzene rings is 1. The monoisotopic (exact) mass is 390 g/mol. The summed E-state index contributed by atoms with van der Waals surface area (Å²) in [5.74, 6) is 0.485. The molecule has 1 atom stereocenters. The number of allylic oxidation sites excluding steroid dienone is 2. The zero-order chi connectivity index (χ0) is 20.5. The van der Waals surface area contributed by atoms with Crippen LogP contribution in [0, 0.1) is 5.82 Å². The normalized spacial score (nSPS) is 15.5. The molecule has 4 N–H and O–H groups in total. The van der Waals surface area contributed by atoms with Gasteiger partial charge in [0.05, 0.1) is 5.69 Å². The van der Waals surface area contributed by atoms with Gasteiger partial charge in [0.1, 0.15) is 5.82 Å². The topological polar surface area (TPSA) is 104 Å². The van der Waals surface area contributed by atoms with Crippen LogP contribution in [0.2, 0.25) is 0 Å². The lowest BCUT2D eigenvalue weighted by atomic mass is 9.82. The van der Waals surface area contributed by atoms with Crippen LogP contribution in [0.15, 0.2) is 42.7 Å². The molecule has 0 amide bonds. The zero-order valence-electron chi connectivity index (χ0n) is 16.4. The molecule has 1 aliphatic rings. The molecule has 0 fully saturated rings. The Labute approximate surface area is 168 Å². The average molecular weight is 390 g/mol. The molecule has 1 aliphatic carbocycles. The Balaban J connectivity index is 1.81. The second kappa shape index (κ2) is 7.58. The number of hydrogen-bond donors (Lipinski definition) is 2. The number of nitrogen functional groups attached to an aromatic ring is 2. The van der Waals surface area contributed by atoms with Gasteiger partial charge in [-0.2, -0.15) is 0 Å². The molecule has 3 aromatic rings.